The molecule has 2 heterocycles. The van der Waals surface area contributed by atoms with E-state index < -0.39 is 62.1 Å². The van der Waals surface area contributed by atoms with E-state index in [2.05, 4.69) is 10.3 Å². The van der Waals surface area contributed by atoms with Gasteiger partial charge in [0.2, 0.25) is 11.5 Å². The summed E-state index contributed by atoms with van der Waals surface area (Å²) in [6, 6.07) is 14.5. The predicted molar refractivity (Wildman–Crippen MR) is 153 cm³/mol. The summed E-state index contributed by atoms with van der Waals surface area (Å²) in [5.41, 5.74) is 6.64. The number of nitrogens with zero attached hydrogens (tertiary/aromatic N) is 1. The largest absolute Gasteiger partial charge is 0.435 e. The summed E-state index contributed by atoms with van der Waals surface area (Å²) in [7, 11) is 0. The molecule has 3 N–H and O–H groups in total. The second-order valence-corrected chi connectivity index (χ2v) is 12.5. The molecule has 1 unspecified atom stereocenters. The van der Waals surface area contributed by atoms with Gasteiger partial charge in [0.25, 0.3) is 17.6 Å². The number of hydrogen-bond donors (Lipinski definition) is 2. The van der Waals surface area contributed by atoms with E-state index in [0.29, 0.717) is 27.5 Å². The number of ether oxygens (including phenoxy) is 2. The molecule has 212 valence electrons. The number of oxazole rings is 1. The topological polar surface area (TPSA) is 168 Å². The summed E-state index contributed by atoms with van der Waals surface area (Å²) in [6.45, 7) is 1.57. The number of halogens is 1. The number of benzene rings is 2. The lowest BCUT2D eigenvalue weighted by atomic mass is 10.0. The number of nitrogens with one attached hydrogen (secondary N) is 1. The molecule has 0 radical (unpaired) electrons. The Morgan fingerprint density at radius 3 is 2.37 bits per heavy atom. The Bertz CT molecular complexity index is 1550. The maximum Gasteiger partial charge on any atom is 0.354 e. The molecule has 11 nitrogen and oxygen atoms in total. The van der Waals surface area contributed by atoms with Crippen molar-refractivity contribution in [1.82, 2.24) is 10.3 Å². The Morgan fingerprint density at radius 1 is 1.02 bits per heavy atom. The third-order valence-electron chi connectivity index (χ3n) is 6.67. The second-order valence-electron chi connectivity index (χ2n) is 9.67. The lowest BCUT2D eigenvalue weighted by molar-refractivity contribution is -0.224. The molecule has 12 heteroatoms. The normalized spacial score (nSPS) is 16.7. The monoisotopic (exact) mass is 671 g/mol. The number of nitrogens with two attached hydrogens (primary N) is 1. The summed E-state index contributed by atoms with van der Waals surface area (Å²) >= 11 is -1.28. The standard InChI is InChI=1S/C29H26IN3O8/c1-16-32-22(24(39-16)26(36)33-20(23(34)25(31)35)14-17-8-3-2-4-9-17)18-10-7-11-19(15-18)30-21-27(37)40-29(41-28(21)38)12-5-6-13-29/h2-4,7-11,15,20H,5-6,12-14H2,1H3,(H2,31,35)(H,33,36). The first kappa shape index (κ1) is 28.3. The average Bonchev–Trinajstić information content (AvgIpc) is 3.57. The van der Waals surface area contributed by atoms with E-state index in [1.54, 1.807) is 61.5 Å². The Morgan fingerprint density at radius 2 is 1.71 bits per heavy atom. The first-order chi connectivity index (χ1) is 19.6. The van der Waals surface area contributed by atoms with Gasteiger partial charge in [0.15, 0.2) is 9.40 Å². The first-order valence-corrected chi connectivity index (χ1v) is 15.0. The van der Waals surface area contributed by atoms with Crippen LogP contribution >= 0.6 is 20.7 Å². The Labute approximate surface area is 244 Å². The fourth-order valence-electron chi connectivity index (χ4n) is 4.76. The van der Waals surface area contributed by atoms with Gasteiger partial charge in [-0.2, -0.15) is 0 Å². The van der Waals surface area contributed by atoms with Crippen molar-refractivity contribution < 1.29 is 37.9 Å². The van der Waals surface area contributed by atoms with Crippen LogP contribution < -0.4 is 11.1 Å². The van der Waals surface area contributed by atoms with Gasteiger partial charge in [0.05, 0.1) is 0 Å². The third kappa shape index (κ3) is 6.26. The minimum atomic E-state index is -1.28. The van der Waals surface area contributed by atoms with E-state index in [9.17, 15) is 24.0 Å². The number of esters is 2. The van der Waals surface area contributed by atoms with Gasteiger partial charge in [-0.05, 0) is 30.5 Å². The molecule has 1 spiro atoms. The zero-order valence-corrected chi connectivity index (χ0v) is 24.1. The number of aromatic nitrogens is 1. The number of aryl methyl sites for hydroxylation is 1. The second kappa shape index (κ2) is 11.7. The van der Waals surface area contributed by atoms with Crippen LogP contribution in [0.5, 0.6) is 0 Å². The highest BCUT2D eigenvalue weighted by Gasteiger charge is 2.48. The van der Waals surface area contributed by atoms with Crippen molar-refractivity contribution in [2.75, 3.05) is 0 Å². The van der Waals surface area contributed by atoms with Gasteiger partial charge >= 0.3 is 11.9 Å². The minimum absolute atomic E-state index is 0.0125. The molecule has 5 rings (SSSR count). The molecule has 1 saturated heterocycles. The highest BCUT2D eigenvalue weighted by atomic mass is 127. The molecule has 1 atom stereocenters. The number of carbonyl (C=O) groups excluding carboxylic acids is 5. The summed E-state index contributed by atoms with van der Waals surface area (Å²) in [4.78, 5) is 67.4. The number of Topliss-reactive ketones (excluding diaryl/α,β-unsaturated/α-hetero) is 1. The van der Waals surface area contributed by atoms with E-state index >= 15 is 0 Å². The van der Waals surface area contributed by atoms with Crippen LogP contribution in [0.25, 0.3) is 11.3 Å². The van der Waals surface area contributed by atoms with Crippen molar-refractivity contribution in [2.45, 2.75) is 50.9 Å². The van der Waals surface area contributed by atoms with Crippen molar-refractivity contribution in [3.05, 3.63) is 75.4 Å². The molecule has 2 aromatic carbocycles. The zero-order chi connectivity index (χ0) is 29.1. The van der Waals surface area contributed by atoms with Crippen LogP contribution in [-0.4, -0.2) is 49.9 Å². The van der Waals surface area contributed by atoms with Gasteiger partial charge in [-0.15, -0.1) is 0 Å². The fraction of sp³-hybridized carbons (Fsp3) is 0.276. The predicted octanol–water partition coefficient (Wildman–Crippen LogP) is 2.73. The van der Waals surface area contributed by atoms with Crippen LogP contribution in [0.15, 0.2) is 59.0 Å². The van der Waals surface area contributed by atoms with Crippen LogP contribution in [-0.2, 0) is 35.1 Å². The number of hydrogen-bond acceptors (Lipinski definition) is 9. The van der Waals surface area contributed by atoms with Crippen LogP contribution in [0.1, 0.15) is 47.7 Å². The SMILES string of the molecule is Cc1nc(-c2cccc(I=C3C(=O)OC4(CCCC4)OC3=O)c2)c(C(=O)NC(Cc2ccccc2)C(=O)C(N)=O)o1. The van der Waals surface area contributed by atoms with Gasteiger partial charge < -0.3 is 24.9 Å². The van der Waals surface area contributed by atoms with Crippen molar-refractivity contribution in [3.8, 4) is 11.3 Å². The Kier molecular flexibility index (Phi) is 8.10. The van der Waals surface area contributed by atoms with E-state index in [1.165, 1.54) is 0 Å². The van der Waals surface area contributed by atoms with Crippen LogP contribution in [0.2, 0.25) is 0 Å². The molecule has 0 bridgehead atoms. The van der Waals surface area contributed by atoms with Gasteiger partial charge in [0.1, 0.15) is 11.7 Å². The highest BCUT2D eigenvalue weighted by molar-refractivity contribution is 14.2. The molecular weight excluding hydrogens is 645 g/mol. The quantitative estimate of drug-likeness (QED) is 0.208. The molecule has 1 aliphatic carbocycles. The smallest absolute Gasteiger partial charge is 0.354 e. The van der Waals surface area contributed by atoms with Crippen molar-refractivity contribution in [2.24, 2.45) is 5.73 Å². The van der Waals surface area contributed by atoms with Gasteiger partial charge in [-0.25, -0.2) is 14.6 Å². The van der Waals surface area contributed by atoms with Gasteiger partial charge in [-0.3, -0.25) is 14.4 Å². The van der Waals surface area contributed by atoms with Crippen LogP contribution in [0.4, 0.5) is 0 Å². The molecule has 2 amide bonds. The molecule has 2 aliphatic rings. The number of rotatable bonds is 8. The number of ketones is 1. The molecule has 1 saturated carbocycles. The first-order valence-electron chi connectivity index (χ1n) is 12.9. The zero-order valence-electron chi connectivity index (χ0n) is 22.0. The van der Waals surface area contributed by atoms with Crippen LogP contribution in [0.3, 0.4) is 0 Å². The lowest BCUT2D eigenvalue weighted by Crippen LogP contribution is -2.48. The summed E-state index contributed by atoms with van der Waals surface area (Å²) in [5.74, 6) is -5.29. The summed E-state index contributed by atoms with van der Waals surface area (Å²) in [6.07, 6.45) is 2.69. The molecular formula is C29H26IN3O8. The van der Waals surface area contributed by atoms with Gasteiger partial charge in [0, 0.05) is 35.3 Å². The minimum Gasteiger partial charge on any atom is -0.435 e. The number of amides is 2. The van der Waals surface area contributed by atoms with E-state index in [1.807, 2.05) is 0 Å². The van der Waals surface area contributed by atoms with E-state index in [-0.39, 0.29) is 27.3 Å². The van der Waals surface area contributed by atoms with Crippen molar-refractivity contribution in [1.29, 1.82) is 0 Å². The number of primary amides is 1. The van der Waals surface area contributed by atoms with E-state index in [4.69, 9.17) is 19.6 Å². The van der Waals surface area contributed by atoms with Gasteiger partial charge in [-0.1, -0.05) is 63.2 Å². The summed E-state index contributed by atoms with van der Waals surface area (Å²) in [5, 5.41) is 2.56. The van der Waals surface area contributed by atoms with Crippen molar-refractivity contribution >= 4 is 53.8 Å². The average molecular weight is 671 g/mol. The fourth-order valence-corrected chi connectivity index (χ4v) is 6.92. The Hall–Kier alpha value is -4.20. The lowest BCUT2D eigenvalue weighted by Gasteiger charge is -2.32. The van der Waals surface area contributed by atoms with E-state index in [0.717, 1.165) is 12.8 Å². The molecule has 1 aliphatic heterocycles. The molecule has 1 aromatic heterocycles. The highest BCUT2D eigenvalue weighted by Crippen LogP contribution is 2.38. The molecule has 3 aromatic rings. The maximum atomic E-state index is 13.3. The Balaban J connectivity index is 1.40. The third-order valence-corrected chi connectivity index (χ3v) is 9.38. The van der Waals surface area contributed by atoms with Crippen molar-refractivity contribution in [3.63, 3.8) is 0 Å². The maximum absolute atomic E-state index is 13.3. The summed E-state index contributed by atoms with van der Waals surface area (Å²) < 4.78 is 17.4. The molecule has 41 heavy (non-hydrogen) atoms. The van der Waals surface area contributed by atoms with Crippen LogP contribution in [0, 0.1) is 10.5 Å². The number of carbonyl (C=O) groups is 5. The molecule has 2 fully saturated rings.